The Morgan fingerprint density at radius 3 is 2.68 bits per heavy atom. The van der Waals surface area contributed by atoms with Crippen LogP contribution in [0.1, 0.15) is 38.7 Å². The lowest BCUT2D eigenvalue weighted by Gasteiger charge is -2.32. The topological polar surface area (TPSA) is 53.6 Å². The molecule has 22 heavy (non-hydrogen) atoms. The van der Waals surface area contributed by atoms with Gasteiger partial charge in [-0.05, 0) is 50.4 Å². The quantitative estimate of drug-likeness (QED) is 0.439. The lowest BCUT2D eigenvalue weighted by molar-refractivity contribution is 0.166. The number of nitrogens with two attached hydrogens (primary N) is 1. The van der Waals surface area contributed by atoms with Gasteiger partial charge in [-0.3, -0.25) is 9.89 Å². The van der Waals surface area contributed by atoms with Crippen LogP contribution in [0.5, 0.6) is 0 Å². The molecule has 0 amide bonds. The Hall–Kier alpha value is -0.820. The predicted molar refractivity (Wildman–Crippen MR) is 106 cm³/mol. The van der Waals surface area contributed by atoms with Crippen LogP contribution in [0.3, 0.4) is 0 Å². The van der Waals surface area contributed by atoms with Gasteiger partial charge in [-0.1, -0.05) is 25.5 Å². The zero-order valence-electron chi connectivity index (χ0n) is 13.7. The van der Waals surface area contributed by atoms with Crippen LogP contribution in [0.15, 0.2) is 29.3 Å². The van der Waals surface area contributed by atoms with E-state index in [2.05, 4.69) is 41.2 Å². The number of aryl methyl sites for hydroxylation is 1. The molecule has 1 heterocycles. The minimum Gasteiger partial charge on any atom is -0.370 e. The molecule has 124 valence electrons. The molecular weight excluding hydrogens is 387 g/mol. The van der Waals surface area contributed by atoms with Crippen molar-refractivity contribution in [3.8, 4) is 0 Å². The van der Waals surface area contributed by atoms with Crippen molar-refractivity contribution in [1.29, 1.82) is 0 Å². The van der Waals surface area contributed by atoms with E-state index in [-0.39, 0.29) is 24.0 Å². The van der Waals surface area contributed by atoms with Gasteiger partial charge in [0.15, 0.2) is 5.96 Å². The summed E-state index contributed by atoms with van der Waals surface area (Å²) >= 11 is 0. The van der Waals surface area contributed by atoms with E-state index in [1.165, 1.54) is 31.4 Å². The maximum atomic E-state index is 5.95. The summed E-state index contributed by atoms with van der Waals surface area (Å²) in [5.74, 6) is 0.504. The average molecular weight is 416 g/mol. The number of halogens is 1. The number of hydrogen-bond donors (Lipinski definition) is 2. The molecule has 0 spiro atoms. The number of aliphatic imine (C=N–C) groups is 1. The summed E-state index contributed by atoms with van der Waals surface area (Å²) in [7, 11) is 0. The summed E-state index contributed by atoms with van der Waals surface area (Å²) in [5.41, 5.74) is 8.28. The minimum atomic E-state index is 0. The van der Waals surface area contributed by atoms with Crippen LogP contribution in [-0.2, 0) is 6.42 Å². The Morgan fingerprint density at radius 1 is 1.32 bits per heavy atom. The van der Waals surface area contributed by atoms with Crippen LogP contribution in [-0.4, -0.2) is 36.5 Å². The van der Waals surface area contributed by atoms with E-state index in [1.54, 1.807) is 0 Å². The van der Waals surface area contributed by atoms with Crippen molar-refractivity contribution >= 4 is 35.6 Å². The molecule has 4 nitrogen and oxygen atoms in total. The van der Waals surface area contributed by atoms with E-state index in [0.717, 1.165) is 25.2 Å². The fraction of sp³-hybridized carbons (Fsp3) is 0.588. The second-order valence-electron chi connectivity index (χ2n) is 5.82. The molecule has 0 aliphatic carbocycles. The van der Waals surface area contributed by atoms with E-state index in [0.29, 0.717) is 12.0 Å². The van der Waals surface area contributed by atoms with Crippen LogP contribution >= 0.6 is 24.0 Å². The van der Waals surface area contributed by atoms with Gasteiger partial charge in [-0.2, -0.15) is 0 Å². The molecule has 5 heteroatoms. The normalized spacial score (nSPS) is 19.5. The van der Waals surface area contributed by atoms with Gasteiger partial charge in [-0.25, -0.2) is 0 Å². The molecule has 1 aliphatic rings. The van der Waals surface area contributed by atoms with Gasteiger partial charge >= 0.3 is 0 Å². The molecule has 1 atom stereocenters. The van der Waals surface area contributed by atoms with Crippen LogP contribution in [0, 0.1) is 0 Å². The Bertz CT molecular complexity index is 458. The fourth-order valence-corrected chi connectivity index (χ4v) is 2.80. The molecule has 0 bridgehead atoms. The summed E-state index contributed by atoms with van der Waals surface area (Å²) < 4.78 is 0. The minimum absolute atomic E-state index is 0. The van der Waals surface area contributed by atoms with Crippen molar-refractivity contribution in [2.24, 2.45) is 10.7 Å². The van der Waals surface area contributed by atoms with Gasteiger partial charge in [0.25, 0.3) is 0 Å². The van der Waals surface area contributed by atoms with Crippen molar-refractivity contribution in [2.45, 2.75) is 45.6 Å². The first-order valence-electron chi connectivity index (χ1n) is 8.09. The first kappa shape index (κ1) is 19.2. The van der Waals surface area contributed by atoms with Gasteiger partial charge in [0.2, 0.25) is 0 Å². The number of guanidine groups is 1. The molecule has 1 aliphatic heterocycles. The summed E-state index contributed by atoms with van der Waals surface area (Å²) in [4.78, 5) is 6.94. The third-order valence-electron chi connectivity index (χ3n) is 4.24. The van der Waals surface area contributed by atoms with Crippen LogP contribution < -0.4 is 11.1 Å². The van der Waals surface area contributed by atoms with Gasteiger partial charge < -0.3 is 11.1 Å². The van der Waals surface area contributed by atoms with Crippen molar-refractivity contribution in [1.82, 2.24) is 4.90 Å². The Labute approximate surface area is 151 Å². The summed E-state index contributed by atoms with van der Waals surface area (Å²) in [6.07, 6.45) is 5.03. The molecule has 1 aromatic rings. The van der Waals surface area contributed by atoms with Crippen molar-refractivity contribution in [3.63, 3.8) is 0 Å². The Morgan fingerprint density at radius 2 is 2.05 bits per heavy atom. The lowest BCUT2D eigenvalue weighted by atomic mass is 10.0. The zero-order chi connectivity index (χ0) is 15.1. The van der Waals surface area contributed by atoms with Gasteiger partial charge in [-0.15, -0.1) is 24.0 Å². The maximum Gasteiger partial charge on any atom is 0.193 e. The largest absolute Gasteiger partial charge is 0.370 e. The van der Waals surface area contributed by atoms with E-state index < -0.39 is 0 Å². The highest BCUT2D eigenvalue weighted by atomic mass is 127. The highest BCUT2D eigenvalue weighted by Gasteiger charge is 2.16. The average Bonchev–Trinajstić information content (AvgIpc) is 2.50. The first-order chi connectivity index (χ1) is 10.2. The third-order valence-corrected chi connectivity index (χ3v) is 4.24. The van der Waals surface area contributed by atoms with Crippen molar-refractivity contribution < 1.29 is 0 Å². The van der Waals surface area contributed by atoms with E-state index in [9.17, 15) is 0 Å². The molecule has 1 unspecified atom stereocenters. The number of piperidine rings is 1. The molecule has 3 N–H and O–H groups in total. The van der Waals surface area contributed by atoms with Crippen LogP contribution in [0.4, 0.5) is 5.69 Å². The highest BCUT2D eigenvalue weighted by Crippen LogP contribution is 2.15. The van der Waals surface area contributed by atoms with E-state index >= 15 is 0 Å². The van der Waals surface area contributed by atoms with Crippen LogP contribution in [0.2, 0.25) is 0 Å². The molecule has 0 saturated carbocycles. The standard InChI is InChI=1S/C17H28N4.HI/c1-3-15-7-9-16(10-8-15)20-17(18)19-11-13-21-12-5-4-6-14(21)2;/h7-10,14H,3-6,11-13H2,1-2H3,(H3,18,19,20);1H. The zero-order valence-corrected chi connectivity index (χ0v) is 16.0. The molecule has 0 radical (unpaired) electrons. The number of anilines is 1. The summed E-state index contributed by atoms with van der Waals surface area (Å²) in [6.45, 7) is 7.41. The molecule has 1 fully saturated rings. The number of benzene rings is 1. The first-order valence-corrected chi connectivity index (χ1v) is 8.09. The van der Waals surface area contributed by atoms with E-state index in [1.807, 2.05) is 12.1 Å². The Balaban J connectivity index is 0.00000242. The monoisotopic (exact) mass is 416 g/mol. The summed E-state index contributed by atoms with van der Waals surface area (Å²) in [5, 5.41) is 3.15. The summed E-state index contributed by atoms with van der Waals surface area (Å²) in [6, 6.07) is 9.02. The maximum absolute atomic E-state index is 5.95. The molecule has 0 aromatic heterocycles. The second kappa shape index (κ2) is 10.0. The van der Waals surface area contributed by atoms with Crippen molar-refractivity contribution in [3.05, 3.63) is 29.8 Å². The predicted octanol–water partition coefficient (Wildman–Crippen LogP) is 3.47. The molecule has 1 aromatic carbocycles. The van der Waals surface area contributed by atoms with Gasteiger partial charge in [0.05, 0.1) is 6.54 Å². The number of hydrogen-bond acceptors (Lipinski definition) is 2. The highest BCUT2D eigenvalue weighted by molar-refractivity contribution is 14.0. The number of nitrogens with zero attached hydrogens (tertiary/aromatic N) is 2. The molecular formula is C17H29IN4. The fourth-order valence-electron chi connectivity index (χ4n) is 2.80. The second-order valence-corrected chi connectivity index (χ2v) is 5.82. The van der Waals surface area contributed by atoms with Gasteiger partial charge in [0, 0.05) is 18.3 Å². The van der Waals surface area contributed by atoms with Gasteiger partial charge in [0.1, 0.15) is 0 Å². The Kier molecular flexibility index (Phi) is 8.78. The number of nitrogens with one attached hydrogen (secondary N) is 1. The van der Waals surface area contributed by atoms with Crippen LogP contribution in [0.25, 0.3) is 0 Å². The lowest BCUT2D eigenvalue weighted by Crippen LogP contribution is -2.39. The van der Waals surface area contributed by atoms with E-state index in [4.69, 9.17) is 5.73 Å². The third kappa shape index (κ3) is 6.12. The number of rotatable bonds is 5. The number of likely N-dealkylation sites (tertiary alicyclic amines) is 1. The molecule has 1 saturated heterocycles. The smallest absolute Gasteiger partial charge is 0.193 e. The SMILES string of the molecule is CCc1ccc(NC(N)=NCCN2CCCCC2C)cc1.I. The van der Waals surface area contributed by atoms with Crippen molar-refractivity contribution in [2.75, 3.05) is 25.0 Å². The molecule has 2 rings (SSSR count).